The maximum absolute atomic E-state index is 12.5. The third-order valence-corrected chi connectivity index (χ3v) is 4.27. The van der Waals surface area contributed by atoms with E-state index in [0.29, 0.717) is 17.7 Å². The van der Waals surface area contributed by atoms with Gasteiger partial charge in [-0.05, 0) is 24.8 Å². The number of pyridine rings is 1. The van der Waals surface area contributed by atoms with Gasteiger partial charge in [-0.3, -0.25) is 9.78 Å². The van der Waals surface area contributed by atoms with Gasteiger partial charge in [0.05, 0.1) is 18.9 Å². The predicted molar refractivity (Wildman–Crippen MR) is 76.3 cm³/mol. The number of nitrogens with one attached hydrogen (secondary N) is 1. The molecular weight excluding hydrogens is 272 g/mol. The molecule has 21 heavy (non-hydrogen) atoms. The van der Waals surface area contributed by atoms with E-state index in [4.69, 9.17) is 4.74 Å². The summed E-state index contributed by atoms with van der Waals surface area (Å²) in [6.45, 7) is 1.87. The second-order valence-corrected chi connectivity index (χ2v) is 5.45. The number of hydrogen-bond donors (Lipinski definition) is 2. The van der Waals surface area contributed by atoms with Gasteiger partial charge in [0.2, 0.25) is 0 Å². The number of aliphatic carboxylic acids is 1. The quantitative estimate of drug-likeness (QED) is 0.884. The lowest BCUT2D eigenvalue weighted by Gasteiger charge is -2.39. The zero-order valence-corrected chi connectivity index (χ0v) is 12.3. The number of aromatic nitrogens is 1. The SMILES string of the molecule is COc1cnccc1C(=O)NC1(C(=O)O)CCCCC1C. The fraction of sp³-hybridized carbons (Fsp3) is 0.533. The maximum atomic E-state index is 12.5. The number of amides is 1. The van der Waals surface area contributed by atoms with Crippen LogP contribution in [0.2, 0.25) is 0 Å². The predicted octanol–water partition coefficient (Wildman–Crippen LogP) is 1.85. The van der Waals surface area contributed by atoms with Crippen molar-refractivity contribution in [1.29, 1.82) is 0 Å². The number of carbonyl (C=O) groups is 2. The van der Waals surface area contributed by atoms with Crippen LogP contribution in [0.1, 0.15) is 43.0 Å². The largest absolute Gasteiger partial charge is 0.494 e. The fourth-order valence-electron chi connectivity index (χ4n) is 2.90. The van der Waals surface area contributed by atoms with Crippen molar-refractivity contribution in [3.8, 4) is 5.75 Å². The fourth-order valence-corrected chi connectivity index (χ4v) is 2.90. The Hall–Kier alpha value is -2.11. The minimum Gasteiger partial charge on any atom is -0.494 e. The van der Waals surface area contributed by atoms with Crippen LogP contribution in [0.3, 0.4) is 0 Å². The number of ether oxygens (including phenoxy) is 1. The summed E-state index contributed by atoms with van der Waals surface area (Å²) in [5, 5.41) is 12.3. The van der Waals surface area contributed by atoms with Gasteiger partial charge in [0.1, 0.15) is 11.3 Å². The monoisotopic (exact) mass is 292 g/mol. The number of nitrogens with zero attached hydrogens (tertiary/aromatic N) is 1. The number of hydrogen-bond acceptors (Lipinski definition) is 4. The Kier molecular flexibility index (Phi) is 4.45. The van der Waals surface area contributed by atoms with E-state index in [1.165, 1.54) is 25.6 Å². The van der Waals surface area contributed by atoms with Crippen LogP contribution in [0, 0.1) is 5.92 Å². The van der Waals surface area contributed by atoms with E-state index in [1.54, 1.807) is 0 Å². The van der Waals surface area contributed by atoms with Crippen molar-refractivity contribution in [2.45, 2.75) is 38.1 Å². The van der Waals surface area contributed by atoms with Crippen LogP contribution in [0.4, 0.5) is 0 Å². The smallest absolute Gasteiger partial charge is 0.329 e. The van der Waals surface area contributed by atoms with E-state index in [2.05, 4.69) is 10.3 Å². The van der Waals surface area contributed by atoms with Crippen molar-refractivity contribution in [2.24, 2.45) is 5.92 Å². The molecule has 1 aliphatic carbocycles. The molecule has 0 bridgehead atoms. The number of carbonyl (C=O) groups excluding carboxylic acids is 1. The van der Waals surface area contributed by atoms with Gasteiger partial charge in [-0.25, -0.2) is 4.79 Å². The third-order valence-electron chi connectivity index (χ3n) is 4.27. The average molecular weight is 292 g/mol. The first kappa shape index (κ1) is 15.3. The summed E-state index contributed by atoms with van der Waals surface area (Å²) in [6, 6.07) is 1.53. The lowest BCUT2D eigenvalue weighted by Crippen LogP contribution is -2.60. The summed E-state index contributed by atoms with van der Waals surface area (Å²) < 4.78 is 5.11. The highest BCUT2D eigenvalue weighted by molar-refractivity contribution is 6.00. The van der Waals surface area contributed by atoms with Gasteiger partial charge in [0.15, 0.2) is 0 Å². The molecule has 0 spiro atoms. The molecule has 2 N–H and O–H groups in total. The molecule has 0 aliphatic heterocycles. The Labute approximate surface area is 123 Å². The number of rotatable bonds is 4. The third kappa shape index (κ3) is 2.84. The average Bonchev–Trinajstić information content (AvgIpc) is 2.49. The van der Waals surface area contributed by atoms with Crippen LogP contribution in [-0.4, -0.2) is 34.6 Å². The molecule has 1 heterocycles. The zero-order chi connectivity index (χ0) is 15.5. The first-order chi connectivity index (χ1) is 10.0. The molecule has 2 unspecified atom stereocenters. The van der Waals surface area contributed by atoms with E-state index >= 15 is 0 Å². The Morgan fingerprint density at radius 1 is 1.48 bits per heavy atom. The van der Waals surface area contributed by atoms with E-state index in [-0.39, 0.29) is 5.92 Å². The van der Waals surface area contributed by atoms with Crippen molar-refractivity contribution < 1.29 is 19.4 Å². The van der Waals surface area contributed by atoms with Crippen molar-refractivity contribution >= 4 is 11.9 Å². The Balaban J connectivity index is 2.29. The highest BCUT2D eigenvalue weighted by Gasteiger charge is 2.46. The van der Waals surface area contributed by atoms with Gasteiger partial charge in [-0.1, -0.05) is 19.8 Å². The molecule has 1 aliphatic rings. The zero-order valence-electron chi connectivity index (χ0n) is 12.3. The summed E-state index contributed by atoms with van der Waals surface area (Å²) in [4.78, 5) is 28.1. The number of carboxylic acids is 1. The van der Waals surface area contributed by atoms with E-state index in [0.717, 1.165) is 19.3 Å². The van der Waals surface area contributed by atoms with Gasteiger partial charge in [-0.2, -0.15) is 0 Å². The first-order valence-corrected chi connectivity index (χ1v) is 7.05. The first-order valence-electron chi connectivity index (χ1n) is 7.05. The molecule has 6 heteroatoms. The highest BCUT2D eigenvalue weighted by Crippen LogP contribution is 2.34. The molecule has 2 rings (SSSR count). The minimum absolute atomic E-state index is 0.111. The topological polar surface area (TPSA) is 88.5 Å². The highest BCUT2D eigenvalue weighted by atomic mass is 16.5. The molecule has 1 aromatic heterocycles. The molecule has 0 aromatic carbocycles. The van der Waals surface area contributed by atoms with Crippen LogP contribution in [0.15, 0.2) is 18.5 Å². The van der Waals surface area contributed by atoms with Gasteiger partial charge >= 0.3 is 5.97 Å². The van der Waals surface area contributed by atoms with E-state index in [9.17, 15) is 14.7 Å². The second kappa shape index (κ2) is 6.11. The Bertz CT molecular complexity index is 546. The second-order valence-electron chi connectivity index (χ2n) is 5.45. The van der Waals surface area contributed by atoms with Crippen molar-refractivity contribution in [1.82, 2.24) is 10.3 Å². The molecule has 0 saturated heterocycles. The van der Waals surface area contributed by atoms with Gasteiger partial charge in [0, 0.05) is 6.20 Å². The summed E-state index contributed by atoms with van der Waals surface area (Å²) in [5.41, 5.74) is -0.908. The van der Waals surface area contributed by atoms with Crippen LogP contribution < -0.4 is 10.1 Å². The van der Waals surface area contributed by atoms with Gasteiger partial charge in [-0.15, -0.1) is 0 Å². The molecule has 1 amide bonds. The van der Waals surface area contributed by atoms with Crippen molar-refractivity contribution in [3.05, 3.63) is 24.0 Å². The molecule has 1 fully saturated rings. The molecular formula is C15H20N2O4. The van der Waals surface area contributed by atoms with Crippen LogP contribution in [-0.2, 0) is 4.79 Å². The van der Waals surface area contributed by atoms with Crippen LogP contribution in [0.5, 0.6) is 5.75 Å². The normalized spacial score (nSPS) is 25.1. The van der Waals surface area contributed by atoms with Gasteiger partial charge in [0.25, 0.3) is 5.91 Å². The molecule has 6 nitrogen and oxygen atoms in total. The summed E-state index contributed by atoms with van der Waals surface area (Å²) in [5.74, 6) is -1.19. The van der Waals surface area contributed by atoms with E-state index < -0.39 is 17.4 Å². The van der Waals surface area contributed by atoms with Crippen molar-refractivity contribution in [2.75, 3.05) is 7.11 Å². The minimum atomic E-state index is -1.20. The summed E-state index contributed by atoms with van der Waals surface area (Å²) >= 11 is 0. The van der Waals surface area contributed by atoms with Crippen molar-refractivity contribution in [3.63, 3.8) is 0 Å². The Morgan fingerprint density at radius 3 is 2.86 bits per heavy atom. The standard InChI is InChI=1S/C15H20N2O4/c1-10-5-3-4-7-15(10,14(19)20)17-13(18)11-6-8-16-9-12(11)21-2/h6,8-10H,3-5,7H2,1-2H3,(H,17,18)(H,19,20). The molecule has 0 radical (unpaired) electrons. The summed E-state index contributed by atoms with van der Waals surface area (Å²) in [6.07, 6.45) is 5.94. The lowest BCUT2D eigenvalue weighted by atomic mass is 9.73. The lowest BCUT2D eigenvalue weighted by molar-refractivity contribution is -0.148. The molecule has 1 aromatic rings. The van der Waals surface area contributed by atoms with Crippen LogP contribution in [0.25, 0.3) is 0 Å². The van der Waals surface area contributed by atoms with Crippen LogP contribution >= 0.6 is 0 Å². The Morgan fingerprint density at radius 2 is 2.24 bits per heavy atom. The van der Waals surface area contributed by atoms with Gasteiger partial charge < -0.3 is 15.2 Å². The molecule has 2 atom stereocenters. The molecule has 1 saturated carbocycles. The van der Waals surface area contributed by atoms with E-state index in [1.807, 2.05) is 6.92 Å². The maximum Gasteiger partial charge on any atom is 0.329 e. The number of methoxy groups -OCH3 is 1. The summed E-state index contributed by atoms with van der Waals surface area (Å²) in [7, 11) is 1.45. The number of carboxylic acid groups (broad SMARTS) is 1. The molecule has 114 valence electrons.